The summed E-state index contributed by atoms with van der Waals surface area (Å²) in [6.45, 7) is 0. The van der Waals surface area contributed by atoms with Crippen LogP contribution in [0.2, 0.25) is 0 Å². The van der Waals surface area contributed by atoms with Crippen LogP contribution in [0.4, 0.5) is 4.39 Å². The van der Waals surface area contributed by atoms with E-state index in [9.17, 15) is 14.0 Å². The standard InChI is InChI=1S/C10H9FO3/c11-8-4-1-7(2-5-8)3-6-9(12)10(13)14/h1-2,4-5H,3,6H2,(H,13,14). The van der Waals surface area contributed by atoms with E-state index in [4.69, 9.17) is 5.11 Å². The second-order valence-corrected chi connectivity index (χ2v) is 2.85. The molecule has 1 N–H and O–H groups in total. The van der Waals surface area contributed by atoms with Gasteiger partial charge in [0.05, 0.1) is 0 Å². The van der Waals surface area contributed by atoms with Gasteiger partial charge in [0.1, 0.15) is 5.82 Å². The van der Waals surface area contributed by atoms with Gasteiger partial charge >= 0.3 is 5.97 Å². The lowest BCUT2D eigenvalue weighted by Crippen LogP contribution is -2.12. The van der Waals surface area contributed by atoms with Gasteiger partial charge in [-0.05, 0) is 24.1 Å². The van der Waals surface area contributed by atoms with Crippen LogP contribution >= 0.6 is 0 Å². The highest BCUT2D eigenvalue weighted by molar-refractivity contribution is 6.32. The van der Waals surface area contributed by atoms with Crippen molar-refractivity contribution < 1.29 is 19.1 Å². The van der Waals surface area contributed by atoms with Crippen LogP contribution in [-0.4, -0.2) is 16.9 Å². The molecule has 3 nitrogen and oxygen atoms in total. The van der Waals surface area contributed by atoms with Crippen LogP contribution in [-0.2, 0) is 16.0 Å². The fourth-order valence-electron chi connectivity index (χ4n) is 1.02. The number of rotatable bonds is 4. The van der Waals surface area contributed by atoms with Gasteiger partial charge in [-0.25, -0.2) is 9.18 Å². The van der Waals surface area contributed by atoms with Crippen molar-refractivity contribution in [2.24, 2.45) is 0 Å². The van der Waals surface area contributed by atoms with Crippen LogP contribution in [0.15, 0.2) is 24.3 Å². The summed E-state index contributed by atoms with van der Waals surface area (Å²) in [7, 11) is 0. The van der Waals surface area contributed by atoms with Gasteiger partial charge in [0, 0.05) is 6.42 Å². The van der Waals surface area contributed by atoms with E-state index >= 15 is 0 Å². The SMILES string of the molecule is O=C(O)C(=O)CCc1ccc(F)cc1. The fourth-order valence-corrected chi connectivity index (χ4v) is 1.02. The molecule has 0 saturated carbocycles. The normalized spacial score (nSPS) is 9.79. The highest BCUT2D eigenvalue weighted by Gasteiger charge is 2.10. The molecule has 14 heavy (non-hydrogen) atoms. The summed E-state index contributed by atoms with van der Waals surface area (Å²) in [5, 5.41) is 8.29. The lowest BCUT2D eigenvalue weighted by Gasteiger charge is -1.98. The molecule has 0 radical (unpaired) electrons. The number of carboxylic acids is 1. The molecule has 0 aliphatic rings. The maximum absolute atomic E-state index is 12.5. The first-order valence-corrected chi connectivity index (χ1v) is 4.10. The predicted molar refractivity (Wildman–Crippen MR) is 47.4 cm³/mol. The molecular weight excluding hydrogens is 187 g/mol. The number of hydrogen-bond donors (Lipinski definition) is 1. The van der Waals surface area contributed by atoms with Crippen molar-refractivity contribution in [3.63, 3.8) is 0 Å². The molecular formula is C10H9FO3. The number of benzene rings is 1. The minimum absolute atomic E-state index is 0.0546. The zero-order valence-electron chi connectivity index (χ0n) is 7.37. The van der Waals surface area contributed by atoms with Crippen molar-refractivity contribution >= 4 is 11.8 Å². The number of hydrogen-bond acceptors (Lipinski definition) is 2. The van der Waals surface area contributed by atoms with Gasteiger partial charge in [0.15, 0.2) is 0 Å². The van der Waals surface area contributed by atoms with Crippen LogP contribution in [0.1, 0.15) is 12.0 Å². The number of ketones is 1. The maximum Gasteiger partial charge on any atom is 0.372 e. The zero-order valence-corrected chi connectivity index (χ0v) is 7.37. The number of Topliss-reactive ketones (excluding diaryl/α,β-unsaturated/α-hetero) is 1. The Hall–Kier alpha value is -1.71. The third-order valence-electron chi connectivity index (χ3n) is 1.79. The Balaban J connectivity index is 2.50. The smallest absolute Gasteiger partial charge is 0.372 e. The highest BCUT2D eigenvalue weighted by Crippen LogP contribution is 2.05. The summed E-state index contributed by atoms with van der Waals surface area (Å²) in [6.07, 6.45) is 0.270. The average molecular weight is 196 g/mol. The van der Waals surface area contributed by atoms with Crippen molar-refractivity contribution in [1.29, 1.82) is 0 Å². The van der Waals surface area contributed by atoms with Gasteiger partial charge in [-0.1, -0.05) is 12.1 Å². The van der Waals surface area contributed by atoms with Crippen LogP contribution in [0.3, 0.4) is 0 Å². The molecule has 1 rings (SSSR count). The van der Waals surface area contributed by atoms with Crippen molar-refractivity contribution in [2.45, 2.75) is 12.8 Å². The van der Waals surface area contributed by atoms with E-state index in [-0.39, 0.29) is 12.2 Å². The number of carbonyl (C=O) groups is 2. The molecule has 0 saturated heterocycles. The molecule has 74 valence electrons. The molecule has 0 fully saturated rings. The number of carbonyl (C=O) groups excluding carboxylic acids is 1. The molecule has 1 aromatic rings. The van der Waals surface area contributed by atoms with Crippen molar-refractivity contribution in [3.8, 4) is 0 Å². The van der Waals surface area contributed by atoms with Crippen LogP contribution in [0, 0.1) is 5.82 Å². The third kappa shape index (κ3) is 2.97. The van der Waals surface area contributed by atoms with Gasteiger partial charge in [0.25, 0.3) is 0 Å². The van der Waals surface area contributed by atoms with Gasteiger partial charge in [-0.3, -0.25) is 4.79 Å². The predicted octanol–water partition coefficient (Wildman–Crippen LogP) is 1.41. The minimum Gasteiger partial charge on any atom is -0.476 e. The summed E-state index contributed by atoms with van der Waals surface area (Å²) in [5.74, 6) is -2.60. The van der Waals surface area contributed by atoms with E-state index in [1.807, 2.05) is 0 Å². The van der Waals surface area contributed by atoms with Crippen molar-refractivity contribution in [1.82, 2.24) is 0 Å². The Morgan fingerprint density at radius 2 is 1.79 bits per heavy atom. The molecule has 0 unspecified atom stereocenters. The molecule has 0 aromatic heterocycles. The summed E-state index contributed by atoms with van der Waals surface area (Å²) in [4.78, 5) is 20.9. The van der Waals surface area contributed by atoms with E-state index in [2.05, 4.69) is 0 Å². The molecule has 0 heterocycles. The Bertz CT molecular complexity index is 343. The summed E-state index contributed by atoms with van der Waals surface area (Å²) >= 11 is 0. The number of aryl methyl sites for hydroxylation is 1. The molecule has 0 amide bonds. The Morgan fingerprint density at radius 1 is 1.21 bits per heavy atom. The number of halogens is 1. The first-order chi connectivity index (χ1) is 6.59. The average Bonchev–Trinajstić information content (AvgIpc) is 2.16. The van der Waals surface area contributed by atoms with Crippen molar-refractivity contribution in [2.75, 3.05) is 0 Å². The molecule has 0 spiro atoms. The molecule has 0 aliphatic carbocycles. The van der Waals surface area contributed by atoms with E-state index in [0.29, 0.717) is 6.42 Å². The van der Waals surface area contributed by atoms with Crippen molar-refractivity contribution in [3.05, 3.63) is 35.6 Å². The summed E-state index contributed by atoms with van der Waals surface area (Å²) in [5.41, 5.74) is 0.751. The lowest BCUT2D eigenvalue weighted by molar-refractivity contribution is -0.149. The third-order valence-corrected chi connectivity index (χ3v) is 1.79. The first kappa shape index (κ1) is 10.4. The highest BCUT2D eigenvalue weighted by atomic mass is 19.1. The van der Waals surface area contributed by atoms with Gasteiger partial charge < -0.3 is 5.11 Å². The van der Waals surface area contributed by atoms with E-state index in [1.165, 1.54) is 24.3 Å². The summed E-state index contributed by atoms with van der Waals surface area (Å²) < 4.78 is 12.5. The van der Waals surface area contributed by atoms with E-state index in [1.54, 1.807) is 0 Å². The quantitative estimate of drug-likeness (QED) is 0.741. The van der Waals surface area contributed by atoms with Crippen LogP contribution in [0.5, 0.6) is 0 Å². The largest absolute Gasteiger partial charge is 0.476 e. The molecule has 0 atom stereocenters. The minimum atomic E-state index is -1.42. The van der Waals surface area contributed by atoms with E-state index < -0.39 is 11.8 Å². The topological polar surface area (TPSA) is 54.4 Å². The Morgan fingerprint density at radius 3 is 2.29 bits per heavy atom. The second-order valence-electron chi connectivity index (χ2n) is 2.85. The van der Waals surface area contributed by atoms with Gasteiger partial charge in [0.2, 0.25) is 5.78 Å². The Labute approximate surface area is 80.2 Å². The number of aliphatic carboxylic acids is 1. The molecule has 4 heteroatoms. The first-order valence-electron chi connectivity index (χ1n) is 4.10. The lowest BCUT2D eigenvalue weighted by atomic mass is 10.1. The molecule has 1 aromatic carbocycles. The van der Waals surface area contributed by atoms with Gasteiger partial charge in [-0.15, -0.1) is 0 Å². The van der Waals surface area contributed by atoms with Gasteiger partial charge in [-0.2, -0.15) is 0 Å². The molecule has 0 bridgehead atoms. The monoisotopic (exact) mass is 196 g/mol. The van der Waals surface area contributed by atoms with Crippen LogP contribution in [0.25, 0.3) is 0 Å². The fraction of sp³-hybridized carbons (Fsp3) is 0.200. The molecule has 0 aliphatic heterocycles. The van der Waals surface area contributed by atoms with Crippen LogP contribution < -0.4 is 0 Å². The second kappa shape index (κ2) is 4.50. The Kier molecular flexibility index (Phi) is 3.34. The number of carboxylic acid groups (broad SMARTS) is 1. The zero-order chi connectivity index (χ0) is 10.6. The van der Waals surface area contributed by atoms with E-state index in [0.717, 1.165) is 5.56 Å². The summed E-state index contributed by atoms with van der Waals surface area (Å²) in [6, 6.07) is 5.62. The maximum atomic E-state index is 12.5.